The molecule has 34 heavy (non-hydrogen) atoms. The number of carbonyl (C=O) groups is 2. The first-order valence-electron chi connectivity index (χ1n) is 10.1. The van der Waals surface area contributed by atoms with Crippen molar-refractivity contribution in [2.75, 3.05) is 26.1 Å². The molecule has 0 aliphatic rings. The Bertz CT molecular complexity index is 1210. The first-order chi connectivity index (χ1) is 15.7. The second-order valence-corrected chi connectivity index (χ2v) is 12.7. The summed E-state index contributed by atoms with van der Waals surface area (Å²) >= 11 is 3.90. The standard InChI is InChI=1S/C22H25N3O4S4.H2S/c1-25(2)33(28,29)21-10-9-19(32-21)22(27)24-16(11-12-30-3)18(26)13-20-23-17(14-31-20)15-7-5-4-6-8-15;/h4-10,14,16H,11-13H2,1-3H3,(H,24,27);1H2/t16-;/m0./s1. The molecular formula is C22H27N3O4S5. The molecule has 1 amide bonds. The summed E-state index contributed by atoms with van der Waals surface area (Å²) in [5.41, 5.74) is 1.81. The quantitative estimate of drug-likeness (QED) is 0.384. The number of hydrogen-bond acceptors (Lipinski definition) is 8. The maximum atomic E-state index is 13.0. The maximum absolute atomic E-state index is 13.0. The number of rotatable bonds is 11. The lowest BCUT2D eigenvalue weighted by Crippen LogP contribution is -2.41. The lowest BCUT2D eigenvalue weighted by Gasteiger charge is -2.16. The Morgan fingerprint density at radius 3 is 2.50 bits per heavy atom. The topological polar surface area (TPSA) is 96.4 Å². The number of sulfonamides is 1. The van der Waals surface area contributed by atoms with Crippen LogP contribution in [0.3, 0.4) is 0 Å². The van der Waals surface area contributed by atoms with Gasteiger partial charge in [0.15, 0.2) is 5.78 Å². The number of thiazole rings is 1. The van der Waals surface area contributed by atoms with Gasteiger partial charge >= 0.3 is 0 Å². The second kappa shape index (κ2) is 12.8. The number of nitrogens with one attached hydrogen (secondary N) is 1. The lowest BCUT2D eigenvalue weighted by atomic mass is 10.1. The summed E-state index contributed by atoms with van der Waals surface area (Å²) in [5.74, 6) is 0.127. The summed E-state index contributed by atoms with van der Waals surface area (Å²) in [4.78, 5) is 30.6. The molecule has 1 atom stereocenters. The molecule has 0 aliphatic heterocycles. The van der Waals surface area contributed by atoms with Crippen LogP contribution >= 0.6 is 47.9 Å². The Balaban J connectivity index is 0.00000408. The Kier molecular flexibility index (Phi) is 10.8. The van der Waals surface area contributed by atoms with Gasteiger partial charge in [-0.05, 0) is 30.6 Å². The fraction of sp³-hybridized carbons (Fsp3) is 0.318. The van der Waals surface area contributed by atoms with Crippen LogP contribution in [0, 0.1) is 0 Å². The Hall–Kier alpha value is -1.70. The van der Waals surface area contributed by atoms with E-state index in [-0.39, 0.29) is 34.8 Å². The van der Waals surface area contributed by atoms with Crippen molar-refractivity contribution in [1.29, 1.82) is 0 Å². The van der Waals surface area contributed by atoms with Gasteiger partial charge in [-0.15, -0.1) is 22.7 Å². The van der Waals surface area contributed by atoms with Crippen molar-refractivity contribution in [2.24, 2.45) is 0 Å². The number of amides is 1. The molecule has 1 N–H and O–H groups in total. The van der Waals surface area contributed by atoms with Crippen molar-refractivity contribution in [3.8, 4) is 11.3 Å². The normalized spacial score (nSPS) is 12.2. The van der Waals surface area contributed by atoms with Crippen LogP contribution in [0.1, 0.15) is 21.1 Å². The van der Waals surface area contributed by atoms with E-state index in [0.717, 1.165) is 26.9 Å². The van der Waals surface area contributed by atoms with Crippen LogP contribution in [0.2, 0.25) is 0 Å². The van der Waals surface area contributed by atoms with Crippen molar-refractivity contribution in [3.63, 3.8) is 0 Å². The van der Waals surface area contributed by atoms with E-state index in [0.29, 0.717) is 17.2 Å². The van der Waals surface area contributed by atoms with Gasteiger partial charge in [0.2, 0.25) is 0 Å². The molecule has 2 aromatic heterocycles. The molecule has 0 saturated carbocycles. The molecule has 2 heterocycles. The molecule has 0 radical (unpaired) electrons. The highest BCUT2D eigenvalue weighted by atomic mass is 32.2. The third-order valence-corrected chi connectivity index (χ3v) is 9.65. The number of Topliss-reactive ketones (excluding diaryl/α,β-unsaturated/α-hetero) is 1. The largest absolute Gasteiger partial charge is 0.341 e. The van der Waals surface area contributed by atoms with Gasteiger partial charge in [0, 0.05) is 25.0 Å². The van der Waals surface area contributed by atoms with Gasteiger partial charge in [0.25, 0.3) is 15.9 Å². The molecule has 0 spiro atoms. The number of aromatic nitrogens is 1. The van der Waals surface area contributed by atoms with E-state index in [2.05, 4.69) is 10.3 Å². The molecule has 0 unspecified atom stereocenters. The molecule has 0 aliphatic carbocycles. The molecule has 0 bridgehead atoms. The first-order valence-corrected chi connectivity index (χ1v) is 14.6. The maximum Gasteiger partial charge on any atom is 0.261 e. The minimum Gasteiger partial charge on any atom is -0.341 e. The van der Waals surface area contributed by atoms with Crippen LogP contribution < -0.4 is 5.32 Å². The average molecular weight is 558 g/mol. The molecule has 12 heteroatoms. The SMILES string of the molecule is CSCC[C@H](NC(=O)c1ccc(S(=O)(=O)N(C)C)s1)C(=O)Cc1nc(-c2ccccc2)cs1.S. The van der Waals surface area contributed by atoms with Crippen molar-refractivity contribution in [1.82, 2.24) is 14.6 Å². The van der Waals surface area contributed by atoms with Gasteiger partial charge in [0.1, 0.15) is 9.22 Å². The van der Waals surface area contributed by atoms with E-state index in [4.69, 9.17) is 0 Å². The summed E-state index contributed by atoms with van der Waals surface area (Å²) in [7, 11) is -0.739. The minimum absolute atomic E-state index is 0. The van der Waals surface area contributed by atoms with Crippen molar-refractivity contribution < 1.29 is 18.0 Å². The van der Waals surface area contributed by atoms with Gasteiger partial charge in [-0.1, -0.05) is 30.3 Å². The highest BCUT2D eigenvalue weighted by molar-refractivity contribution is 7.98. The van der Waals surface area contributed by atoms with Gasteiger partial charge in [-0.3, -0.25) is 9.59 Å². The third-order valence-electron chi connectivity index (χ3n) is 4.79. The van der Waals surface area contributed by atoms with E-state index in [1.54, 1.807) is 11.8 Å². The first kappa shape index (κ1) is 28.5. The van der Waals surface area contributed by atoms with Crippen LogP contribution in [0.15, 0.2) is 52.1 Å². The number of ketones is 1. The van der Waals surface area contributed by atoms with Gasteiger partial charge in [-0.2, -0.15) is 25.3 Å². The summed E-state index contributed by atoms with van der Waals surface area (Å²) in [6.45, 7) is 0. The fourth-order valence-electron chi connectivity index (χ4n) is 2.95. The number of benzene rings is 1. The monoisotopic (exact) mass is 557 g/mol. The molecule has 184 valence electrons. The smallest absolute Gasteiger partial charge is 0.261 e. The molecule has 1 aromatic carbocycles. The summed E-state index contributed by atoms with van der Waals surface area (Å²) < 4.78 is 25.8. The Labute approximate surface area is 219 Å². The number of thiophene rings is 1. The Morgan fingerprint density at radius 1 is 1.15 bits per heavy atom. The summed E-state index contributed by atoms with van der Waals surface area (Å²) in [5, 5.41) is 5.41. The number of hydrogen-bond donors (Lipinski definition) is 1. The fourth-order valence-corrected chi connectivity index (χ4v) is 6.61. The zero-order chi connectivity index (χ0) is 24.0. The highest BCUT2D eigenvalue weighted by Gasteiger charge is 2.25. The van der Waals surface area contributed by atoms with E-state index >= 15 is 0 Å². The third kappa shape index (κ3) is 7.15. The van der Waals surface area contributed by atoms with E-state index < -0.39 is 22.0 Å². The van der Waals surface area contributed by atoms with Crippen molar-refractivity contribution >= 4 is 69.6 Å². The van der Waals surface area contributed by atoms with Crippen LogP contribution in [0.5, 0.6) is 0 Å². The molecular weight excluding hydrogens is 531 g/mol. The highest BCUT2D eigenvalue weighted by Crippen LogP contribution is 2.25. The predicted octanol–water partition coefficient (Wildman–Crippen LogP) is 3.90. The summed E-state index contributed by atoms with van der Waals surface area (Å²) in [6, 6.07) is 12.0. The van der Waals surface area contributed by atoms with Crippen LogP contribution in [0.4, 0.5) is 0 Å². The second-order valence-electron chi connectivity index (χ2n) is 7.35. The van der Waals surface area contributed by atoms with Gasteiger partial charge in [0.05, 0.1) is 23.0 Å². The van der Waals surface area contributed by atoms with E-state index in [9.17, 15) is 18.0 Å². The zero-order valence-corrected chi connectivity index (χ0v) is 23.2. The molecule has 0 saturated heterocycles. The number of carbonyl (C=O) groups excluding carboxylic acids is 2. The van der Waals surface area contributed by atoms with E-state index in [1.165, 1.54) is 37.6 Å². The zero-order valence-electron chi connectivity index (χ0n) is 19.0. The van der Waals surface area contributed by atoms with Crippen LogP contribution in [-0.4, -0.2) is 61.5 Å². The van der Waals surface area contributed by atoms with Gasteiger partial charge in [-0.25, -0.2) is 17.7 Å². The van der Waals surface area contributed by atoms with Crippen LogP contribution in [0.25, 0.3) is 11.3 Å². The summed E-state index contributed by atoms with van der Waals surface area (Å²) in [6.07, 6.45) is 2.55. The average Bonchev–Trinajstić information content (AvgIpc) is 3.47. The van der Waals surface area contributed by atoms with Crippen molar-refractivity contribution in [2.45, 2.75) is 23.1 Å². The lowest BCUT2D eigenvalue weighted by molar-refractivity contribution is -0.120. The van der Waals surface area contributed by atoms with Gasteiger partial charge < -0.3 is 5.32 Å². The van der Waals surface area contributed by atoms with Crippen LogP contribution in [-0.2, 0) is 21.2 Å². The predicted molar refractivity (Wildman–Crippen MR) is 146 cm³/mol. The van der Waals surface area contributed by atoms with Crippen molar-refractivity contribution in [3.05, 3.63) is 57.7 Å². The minimum atomic E-state index is -3.62. The Morgan fingerprint density at radius 2 is 1.85 bits per heavy atom. The number of thioether (sulfide) groups is 1. The van der Waals surface area contributed by atoms with E-state index in [1.807, 2.05) is 42.0 Å². The molecule has 7 nitrogen and oxygen atoms in total. The number of nitrogens with zero attached hydrogens (tertiary/aromatic N) is 2. The molecule has 0 fully saturated rings. The molecule has 3 aromatic rings. The molecule has 3 rings (SSSR count).